The van der Waals surface area contributed by atoms with Crippen molar-refractivity contribution in [2.24, 2.45) is 0 Å². The van der Waals surface area contributed by atoms with Gasteiger partial charge >= 0.3 is 12.1 Å². The molecule has 1 rings (SSSR count). The number of rotatable bonds is 5. The molecular formula is C14H16F3NO3. The van der Waals surface area contributed by atoms with E-state index in [2.05, 4.69) is 5.32 Å². The van der Waals surface area contributed by atoms with Crippen molar-refractivity contribution < 1.29 is 27.4 Å². The third-order valence-corrected chi connectivity index (χ3v) is 2.56. The standard InChI is InChI=1S/C14H16F3NO3/c1-4-21-13(19)9(2)8-18-10-5-6-11(14(15,16)17)12(7-10)20-3/h5-8,18H,4H2,1-3H3/b9-8-. The average molecular weight is 303 g/mol. The number of halogens is 3. The van der Waals surface area contributed by atoms with Crippen LogP contribution in [0.4, 0.5) is 18.9 Å². The molecule has 0 saturated heterocycles. The molecule has 0 atom stereocenters. The smallest absolute Gasteiger partial charge is 0.419 e. The Morgan fingerprint density at radius 1 is 1.38 bits per heavy atom. The van der Waals surface area contributed by atoms with Crippen LogP contribution >= 0.6 is 0 Å². The molecule has 0 aliphatic rings. The van der Waals surface area contributed by atoms with Gasteiger partial charge in [0, 0.05) is 18.0 Å². The Bertz CT molecular complexity index is 539. The molecule has 21 heavy (non-hydrogen) atoms. The maximum atomic E-state index is 12.7. The van der Waals surface area contributed by atoms with E-state index in [4.69, 9.17) is 9.47 Å². The Morgan fingerprint density at radius 3 is 2.57 bits per heavy atom. The SMILES string of the molecule is CCOC(=O)/C(C)=C\Nc1ccc(C(F)(F)F)c(OC)c1. The van der Waals surface area contributed by atoms with Crippen molar-refractivity contribution in [1.29, 1.82) is 0 Å². The quantitative estimate of drug-likeness (QED) is 0.667. The zero-order valence-corrected chi connectivity index (χ0v) is 11.9. The van der Waals surface area contributed by atoms with Crippen molar-refractivity contribution in [3.8, 4) is 5.75 Å². The number of carbonyl (C=O) groups is 1. The normalized spacial score (nSPS) is 12.0. The van der Waals surface area contributed by atoms with Crippen LogP contribution in [0.15, 0.2) is 30.0 Å². The molecule has 0 spiro atoms. The van der Waals surface area contributed by atoms with Gasteiger partial charge in [0.05, 0.1) is 24.9 Å². The fourth-order valence-electron chi connectivity index (χ4n) is 1.51. The Balaban J connectivity index is 2.92. The summed E-state index contributed by atoms with van der Waals surface area (Å²) < 4.78 is 47.6. The van der Waals surface area contributed by atoms with Gasteiger partial charge in [0.15, 0.2) is 0 Å². The molecule has 0 aliphatic carbocycles. The minimum atomic E-state index is -4.49. The highest BCUT2D eigenvalue weighted by Crippen LogP contribution is 2.37. The van der Waals surface area contributed by atoms with Gasteiger partial charge in [0.1, 0.15) is 5.75 Å². The molecule has 1 aromatic carbocycles. The summed E-state index contributed by atoms with van der Waals surface area (Å²) in [6, 6.07) is 3.37. The lowest BCUT2D eigenvalue weighted by atomic mass is 10.1. The molecule has 116 valence electrons. The summed E-state index contributed by atoms with van der Waals surface area (Å²) in [7, 11) is 1.16. The summed E-state index contributed by atoms with van der Waals surface area (Å²) in [6.07, 6.45) is -3.12. The van der Waals surface area contributed by atoms with E-state index in [0.29, 0.717) is 11.3 Å². The zero-order chi connectivity index (χ0) is 16.0. The molecule has 1 aromatic rings. The van der Waals surface area contributed by atoms with Gasteiger partial charge in [-0.2, -0.15) is 13.2 Å². The second-order valence-corrected chi connectivity index (χ2v) is 4.10. The third kappa shape index (κ3) is 4.70. The molecule has 0 aliphatic heterocycles. The first-order chi connectivity index (χ1) is 9.79. The van der Waals surface area contributed by atoms with Gasteiger partial charge in [-0.25, -0.2) is 4.79 Å². The van der Waals surface area contributed by atoms with Crippen LogP contribution in [-0.2, 0) is 15.7 Å². The summed E-state index contributed by atoms with van der Waals surface area (Å²) in [5.74, 6) is -0.793. The molecule has 4 nitrogen and oxygen atoms in total. The van der Waals surface area contributed by atoms with E-state index in [1.807, 2.05) is 0 Å². The van der Waals surface area contributed by atoms with Crippen molar-refractivity contribution in [3.63, 3.8) is 0 Å². The lowest BCUT2D eigenvalue weighted by molar-refractivity contribution is -0.139. The molecule has 0 aromatic heterocycles. The van der Waals surface area contributed by atoms with Crippen LogP contribution in [0, 0.1) is 0 Å². The third-order valence-electron chi connectivity index (χ3n) is 2.56. The van der Waals surface area contributed by atoms with Crippen molar-refractivity contribution in [3.05, 3.63) is 35.5 Å². The van der Waals surface area contributed by atoms with Gasteiger partial charge in [-0.05, 0) is 26.0 Å². The summed E-state index contributed by atoms with van der Waals surface area (Å²) in [6.45, 7) is 3.46. The lowest BCUT2D eigenvalue weighted by Gasteiger charge is -2.13. The monoisotopic (exact) mass is 303 g/mol. The molecule has 1 N–H and O–H groups in total. The lowest BCUT2D eigenvalue weighted by Crippen LogP contribution is -2.08. The highest BCUT2D eigenvalue weighted by atomic mass is 19.4. The van der Waals surface area contributed by atoms with Crippen molar-refractivity contribution >= 4 is 11.7 Å². The van der Waals surface area contributed by atoms with E-state index < -0.39 is 17.7 Å². The predicted octanol–water partition coefficient (Wildman–Crippen LogP) is 3.59. The van der Waals surface area contributed by atoms with Gasteiger partial charge in [-0.15, -0.1) is 0 Å². The summed E-state index contributed by atoms with van der Waals surface area (Å²) in [4.78, 5) is 11.4. The van der Waals surface area contributed by atoms with Crippen LogP contribution in [0.5, 0.6) is 5.75 Å². The van der Waals surface area contributed by atoms with Crippen LogP contribution < -0.4 is 10.1 Å². The summed E-state index contributed by atoms with van der Waals surface area (Å²) >= 11 is 0. The van der Waals surface area contributed by atoms with Crippen molar-refractivity contribution in [2.45, 2.75) is 20.0 Å². The highest BCUT2D eigenvalue weighted by molar-refractivity contribution is 5.88. The number of esters is 1. The van der Waals surface area contributed by atoms with Gasteiger partial charge in [0.2, 0.25) is 0 Å². The van der Waals surface area contributed by atoms with Gasteiger partial charge in [-0.3, -0.25) is 0 Å². The van der Waals surface area contributed by atoms with Crippen LogP contribution in [0.25, 0.3) is 0 Å². The van der Waals surface area contributed by atoms with Gasteiger partial charge < -0.3 is 14.8 Å². The first-order valence-electron chi connectivity index (χ1n) is 6.15. The predicted molar refractivity (Wildman–Crippen MR) is 72.0 cm³/mol. The Morgan fingerprint density at radius 2 is 2.05 bits per heavy atom. The number of nitrogens with one attached hydrogen (secondary N) is 1. The van der Waals surface area contributed by atoms with Crippen molar-refractivity contribution in [1.82, 2.24) is 0 Å². The summed E-state index contributed by atoms with van der Waals surface area (Å²) in [5.41, 5.74) is -0.194. The molecule has 0 amide bonds. The minimum absolute atomic E-state index is 0.248. The van der Waals surface area contributed by atoms with E-state index in [1.54, 1.807) is 6.92 Å². The van der Waals surface area contributed by atoms with Crippen LogP contribution in [0.2, 0.25) is 0 Å². The number of alkyl halides is 3. The van der Waals surface area contributed by atoms with E-state index in [0.717, 1.165) is 13.2 Å². The number of hydrogen-bond donors (Lipinski definition) is 1. The topological polar surface area (TPSA) is 47.6 Å². The molecule has 0 radical (unpaired) electrons. The number of hydrogen-bond acceptors (Lipinski definition) is 4. The highest BCUT2D eigenvalue weighted by Gasteiger charge is 2.34. The molecule has 0 bridgehead atoms. The van der Waals surface area contributed by atoms with Gasteiger partial charge in [0.25, 0.3) is 0 Å². The fraction of sp³-hybridized carbons (Fsp3) is 0.357. The van der Waals surface area contributed by atoms with Gasteiger partial charge in [-0.1, -0.05) is 0 Å². The molecular weight excluding hydrogens is 287 g/mol. The molecule has 7 heteroatoms. The number of methoxy groups -OCH3 is 1. The van der Waals surface area contributed by atoms with Crippen LogP contribution in [0.1, 0.15) is 19.4 Å². The van der Waals surface area contributed by atoms with Crippen molar-refractivity contribution in [2.75, 3.05) is 19.0 Å². The molecule has 0 saturated carbocycles. The number of carbonyl (C=O) groups excluding carboxylic acids is 1. The van der Waals surface area contributed by atoms with E-state index in [1.165, 1.54) is 25.3 Å². The average Bonchev–Trinajstić information content (AvgIpc) is 2.43. The van der Waals surface area contributed by atoms with E-state index >= 15 is 0 Å². The number of benzene rings is 1. The molecule has 0 heterocycles. The zero-order valence-electron chi connectivity index (χ0n) is 11.9. The van der Waals surface area contributed by atoms with E-state index in [-0.39, 0.29) is 12.4 Å². The Kier molecular flexibility index (Phi) is 5.63. The Hall–Kier alpha value is -2.18. The minimum Gasteiger partial charge on any atom is -0.496 e. The fourth-order valence-corrected chi connectivity index (χ4v) is 1.51. The first-order valence-corrected chi connectivity index (χ1v) is 6.15. The van der Waals surface area contributed by atoms with E-state index in [9.17, 15) is 18.0 Å². The van der Waals surface area contributed by atoms with Crippen LogP contribution in [-0.4, -0.2) is 19.7 Å². The molecule has 0 unspecified atom stereocenters. The Labute approximate surface area is 120 Å². The number of ether oxygens (including phenoxy) is 2. The van der Waals surface area contributed by atoms with Crippen LogP contribution in [0.3, 0.4) is 0 Å². The molecule has 0 fully saturated rings. The second-order valence-electron chi connectivity index (χ2n) is 4.10. The summed E-state index contributed by atoms with van der Waals surface area (Å²) in [5, 5.41) is 2.73. The second kappa shape index (κ2) is 7.01. The first kappa shape index (κ1) is 16.9. The maximum absolute atomic E-state index is 12.7. The largest absolute Gasteiger partial charge is 0.496 e. The number of anilines is 1. The maximum Gasteiger partial charge on any atom is 0.419 e.